The molecule has 2 aliphatic heterocycles. The Balaban J connectivity index is 1.72. The zero-order valence-electron chi connectivity index (χ0n) is 9.58. The van der Waals surface area contributed by atoms with Gasteiger partial charge in [0.25, 0.3) is 0 Å². The van der Waals surface area contributed by atoms with Crippen LogP contribution in [0, 0.1) is 0 Å². The summed E-state index contributed by atoms with van der Waals surface area (Å²) < 4.78 is 10.8. The van der Waals surface area contributed by atoms with Crippen LogP contribution in [0.25, 0.3) is 0 Å². The van der Waals surface area contributed by atoms with Crippen LogP contribution >= 0.6 is 0 Å². The third-order valence-electron chi connectivity index (χ3n) is 3.32. The van der Waals surface area contributed by atoms with Gasteiger partial charge >= 0.3 is 0 Å². The highest BCUT2D eigenvalue weighted by atomic mass is 16.5. The molecule has 1 atom stereocenters. The fraction of sp³-hybridized carbons (Fsp3) is 1.00. The van der Waals surface area contributed by atoms with Crippen molar-refractivity contribution in [3.63, 3.8) is 0 Å². The highest BCUT2D eigenvalue weighted by Crippen LogP contribution is 2.13. The molecule has 2 saturated heterocycles. The summed E-state index contributed by atoms with van der Waals surface area (Å²) in [5, 5.41) is 3.49. The fourth-order valence-corrected chi connectivity index (χ4v) is 2.36. The van der Waals surface area contributed by atoms with E-state index in [1.54, 1.807) is 0 Å². The van der Waals surface area contributed by atoms with E-state index in [2.05, 4.69) is 17.3 Å². The first-order valence-corrected chi connectivity index (χ1v) is 5.95. The highest BCUT2D eigenvalue weighted by Gasteiger charge is 2.22. The Bertz CT molecular complexity index is 177. The highest BCUT2D eigenvalue weighted by molar-refractivity contribution is 4.78. The van der Waals surface area contributed by atoms with E-state index in [-0.39, 0.29) is 0 Å². The third kappa shape index (κ3) is 3.41. The number of ether oxygens (including phenoxy) is 2. The van der Waals surface area contributed by atoms with E-state index < -0.39 is 0 Å². The average Bonchev–Trinajstić information content (AvgIpc) is 2.31. The van der Waals surface area contributed by atoms with E-state index in [0.717, 1.165) is 39.5 Å². The lowest BCUT2D eigenvalue weighted by molar-refractivity contribution is 0.0242. The largest absolute Gasteiger partial charge is 0.381 e. The molecule has 0 amide bonds. The first kappa shape index (κ1) is 11.3. The SMILES string of the molecule is CN(CC1COCCN1)C1CCOCC1. The van der Waals surface area contributed by atoms with E-state index in [1.165, 1.54) is 12.8 Å². The van der Waals surface area contributed by atoms with Crippen molar-refractivity contribution in [2.75, 3.05) is 46.6 Å². The molecule has 0 bridgehead atoms. The lowest BCUT2D eigenvalue weighted by atomic mass is 10.1. The second-order valence-electron chi connectivity index (χ2n) is 4.51. The van der Waals surface area contributed by atoms with Crippen molar-refractivity contribution in [1.82, 2.24) is 10.2 Å². The molecule has 2 fully saturated rings. The molecule has 0 aliphatic carbocycles. The van der Waals surface area contributed by atoms with E-state index in [4.69, 9.17) is 9.47 Å². The maximum Gasteiger partial charge on any atom is 0.0632 e. The molecule has 0 saturated carbocycles. The summed E-state index contributed by atoms with van der Waals surface area (Å²) in [5.74, 6) is 0. The van der Waals surface area contributed by atoms with Crippen LogP contribution in [0.1, 0.15) is 12.8 Å². The first-order valence-electron chi connectivity index (χ1n) is 5.95. The van der Waals surface area contributed by atoms with Crippen molar-refractivity contribution < 1.29 is 9.47 Å². The standard InChI is InChI=1S/C11H22N2O2/c1-13(11-2-5-14-6-3-11)8-10-9-15-7-4-12-10/h10-12H,2-9H2,1H3. The van der Waals surface area contributed by atoms with Crippen LogP contribution in [-0.4, -0.2) is 63.5 Å². The second kappa shape index (κ2) is 5.80. The van der Waals surface area contributed by atoms with Gasteiger partial charge in [-0.25, -0.2) is 0 Å². The molecule has 1 unspecified atom stereocenters. The van der Waals surface area contributed by atoms with E-state index in [0.29, 0.717) is 12.1 Å². The summed E-state index contributed by atoms with van der Waals surface area (Å²) in [6.07, 6.45) is 2.34. The summed E-state index contributed by atoms with van der Waals surface area (Å²) in [6, 6.07) is 1.20. The molecule has 4 heteroatoms. The molecule has 0 radical (unpaired) electrons. The van der Waals surface area contributed by atoms with Gasteiger partial charge in [-0.2, -0.15) is 0 Å². The van der Waals surface area contributed by atoms with Gasteiger partial charge in [-0.1, -0.05) is 0 Å². The van der Waals surface area contributed by atoms with Crippen molar-refractivity contribution in [2.24, 2.45) is 0 Å². The average molecular weight is 214 g/mol. The van der Waals surface area contributed by atoms with Crippen LogP contribution < -0.4 is 5.32 Å². The van der Waals surface area contributed by atoms with Gasteiger partial charge in [-0.05, 0) is 19.9 Å². The van der Waals surface area contributed by atoms with E-state index >= 15 is 0 Å². The van der Waals surface area contributed by atoms with Crippen molar-refractivity contribution in [1.29, 1.82) is 0 Å². The van der Waals surface area contributed by atoms with Gasteiger partial charge in [0.2, 0.25) is 0 Å². The molecular weight excluding hydrogens is 192 g/mol. The van der Waals surface area contributed by atoms with Gasteiger partial charge in [-0.15, -0.1) is 0 Å². The van der Waals surface area contributed by atoms with Gasteiger partial charge in [0.15, 0.2) is 0 Å². The number of nitrogens with one attached hydrogen (secondary N) is 1. The maximum absolute atomic E-state index is 5.46. The molecule has 0 aromatic carbocycles. The molecular formula is C11H22N2O2. The number of hydrogen-bond donors (Lipinski definition) is 1. The first-order chi connectivity index (χ1) is 7.36. The van der Waals surface area contributed by atoms with E-state index in [9.17, 15) is 0 Å². The number of rotatable bonds is 3. The van der Waals surface area contributed by atoms with Crippen LogP contribution in [0.3, 0.4) is 0 Å². The van der Waals surface area contributed by atoms with Gasteiger partial charge in [0.1, 0.15) is 0 Å². The molecule has 2 heterocycles. The van der Waals surface area contributed by atoms with Crippen molar-refractivity contribution in [2.45, 2.75) is 24.9 Å². The third-order valence-corrected chi connectivity index (χ3v) is 3.32. The maximum atomic E-state index is 5.46. The Morgan fingerprint density at radius 1 is 1.20 bits per heavy atom. The molecule has 4 nitrogen and oxygen atoms in total. The Kier molecular flexibility index (Phi) is 4.38. The topological polar surface area (TPSA) is 33.7 Å². The second-order valence-corrected chi connectivity index (χ2v) is 4.51. The van der Waals surface area contributed by atoms with Crippen LogP contribution in [-0.2, 0) is 9.47 Å². The predicted octanol–water partition coefficient (Wildman–Crippen LogP) is 0.0856. The zero-order valence-corrected chi connectivity index (χ0v) is 9.58. The number of hydrogen-bond acceptors (Lipinski definition) is 4. The van der Waals surface area contributed by atoms with Gasteiger partial charge < -0.3 is 19.7 Å². The minimum absolute atomic E-state index is 0.506. The number of morpholine rings is 1. The summed E-state index contributed by atoms with van der Waals surface area (Å²) in [7, 11) is 2.21. The summed E-state index contributed by atoms with van der Waals surface area (Å²) in [6.45, 7) is 5.63. The summed E-state index contributed by atoms with van der Waals surface area (Å²) in [4.78, 5) is 2.45. The predicted molar refractivity (Wildman–Crippen MR) is 59.1 cm³/mol. The lowest BCUT2D eigenvalue weighted by Crippen LogP contribution is -2.50. The molecule has 0 spiro atoms. The van der Waals surface area contributed by atoms with Crippen LogP contribution in [0.15, 0.2) is 0 Å². The Morgan fingerprint density at radius 2 is 2.00 bits per heavy atom. The van der Waals surface area contributed by atoms with Gasteiger partial charge in [0.05, 0.1) is 13.2 Å². The van der Waals surface area contributed by atoms with Gasteiger partial charge in [0, 0.05) is 38.4 Å². The summed E-state index contributed by atoms with van der Waals surface area (Å²) in [5.41, 5.74) is 0. The molecule has 15 heavy (non-hydrogen) atoms. The lowest BCUT2D eigenvalue weighted by Gasteiger charge is -2.35. The minimum Gasteiger partial charge on any atom is -0.381 e. The Hall–Kier alpha value is -0.160. The zero-order chi connectivity index (χ0) is 10.5. The number of likely N-dealkylation sites (N-methyl/N-ethyl adjacent to an activating group) is 1. The van der Waals surface area contributed by atoms with E-state index in [1.807, 2.05) is 0 Å². The Morgan fingerprint density at radius 3 is 2.67 bits per heavy atom. The smallest absolute Gasteiger partial charge is 0.0632 e. The molecule has 88 valence electrons. The molecule has 2 rings (SSSR count). The normalized spacial score (nSPS) is 29.6. The monoisotopic (exact) mass is 214 g/mol. The molecule has 2 aliphatic rings. The van der Waals surface area contributed by atoms with Crippen molar-refractivity contribution >= 4 is 0 Å². The Labute approximate surface area is 91.9 Å². The van der Waals surface area contributed by atoms with Crippen LogP contribution in [0.2, 0.25) is 0 Å². The number of nitrogens with zero attached hydrogens (tertiary/aromatic N) is 1. The molecule has 0 aromatic rings. The summed E-state index contributed by atoms with van der Waals surface area (Å²) >= 11 is 0. The van der Waals surface area contributed by atoms with Gasteiger partial charge in [-0.3, -0.25) is 0 Å². The molecule has 0 aromatic heterocycles. The van der Waals surface area contributed by atoms with Crippen molar-refractivity contribution in [3.05, 3.63) is 0 Å². The van der Waals surface area contributed by atoms with Crippen LogP contribution in [0.5, 0.6) is 0 Å². The minimum atomic E-state index is 0.506. The van der Waals surface area contributed by atoms with Crippen LogP contribution in [0.4, 0.5) is 0 Å². The fourth-order valence-electron chi connectivity index (χ4n) is 2.36. The molecule has 1 N–H and O–H groups in total. The van der Waals surface area contributed by atoms with Crippen molar-refractivity contribution in [3.8, 4) is 0 Å². The quantitative estimate of drug-likeness (QED) is 0.722.